The average Bonchev–Trinajstić information content (AvgIpc) is 3.37. The van der Waals surface area contributed by atoms with Crippen molar-refractivity contribution in [3.05, 3.63) is 58.6 Å². The quantitative estimate of drug-likeness (QED) is 0.154. The molecule has 0 spiro atoms. The molecule has 2 aromatic heterocycles. The normalized spacial score (nSPS) is 23.9. The fourth-order valence-electron chi connectivity index (χ4n) is 4.21. The molecular weight excluding hydrogens is 581 g/mol. The zero-order chi connectivity index (χ0) is 28.7. The van der Waals surface area contributed by atoms with Crippen LogP contribution in [0, 0.1) is 17.1 Å². The second-order valence-electron chi connectivity index (χ2n) is 8.93. The largest absolute Gasteiger partial charge is 0.387 e. The Morgan fingerprint density at radius 1 is 1.23 bits per heavy atom. The number of halogens is 2. The van der Waals surface area contributed by atoms with Crippen molar-refractivity contribution in [1.29, 1.82) is 5.26 Å². The zero-order valence-electron chi connectivity index (χ0n) is 20.1. The van der Waals surface area contributed by atoms with E-state index < -0.39 is 58.1 Å². The minimum atomic E-state index is -4.86. The topological polar surface area (TPSA) is 207 Å². The summed E-state index contributed by atoms with van der Waals surface area (Å²) in [5, 5.41) is 34.3. The van der Waals surface area contributed by atoms with Gasteiger partial charge in [0.25, 0.3) is 0 Å². The van der Waals surface area contributed by atoms with Crippen molar-refractivity contribution in [2.45, 2.75) is 37.5 Å². The van der Waals surface area contributed by atoms with E-state index in [1.165, 1.54) is 22.9 Å². The summed E-state index contributed by atoms with van der Waals surface area (Å²) in [5.74, 6) is -1.83. The second kappa shape index (κ2) is 11.2. The first-order chi connectivity index (χ1) is 18.2. The molecule has 0 aliphatic carbocycles. The summed E-state index contributed by atoms with van der Waals surface area (Å²) in [6, 6.07) is 8.97. The van der Waals surface area contributed by atoms with E-state index in [-0.39, 0.29) is 22.4 Å². The molecule has 1 aromatic carbocycles. The molecule has 0 amide bonds. The number of hydrogen-bond donors (Lipinski definition) is 6. The number of benzene rings is 1. The first-order valence-electron chi connectivity index (χ1n) is 11.4. The van der Waals surface area contributed by atoms with Crippen LogP contribution in [-0.2, 0) is 18.4 Å². The third-order valence-corrected chi connectivity index (χ3v) is 9.80. The van der Waals surface area contributed by atoms with Gasteiger partial charge in [-0.05, 0) is 30.7 Å². The predicted molar refractivity (Wildman–Crippen MR) is 137 cm³/mol. The highest BCUT2D eigenvalue weighted by molar-refractivity contribution is 7.70. The molecule has 3 heterocycles. The third-order valence-electron chi connectivity index (χ3n) is 6.07. The summed E-state index contributed by atoms with van der Waals surface area (Å²) in [6.07, 6.45) is -4.32. The van der Waals surface area contributed by atoms with E-state index in [9.17, 15) is 33.9 Å². The Morgan fingerprint density at radius 2 is 1.90 bits per heavy atom. The monoisotopic (exact) mass is 604 g/mol. The van der Waals surface area contributed by atoms with Gasteiger partial charge in [-0.15, -0.1) is 0 Å². The number of nitriles is 1. The van der Waals surface area contributed by atoms with Crippen LogP contribution in [0.25, 0.3) is 11.0 Å². The number of anilines is 1. The van der Waals surface area contributed by atoms with E-state index in [4.69, 9.17) is 30.6 Å². The summed E-state index contributed by atoms with van der Waals surface area (Å²) in [6.45, 7) is 1.04. The Balaban J connectivity index is 1.62. The van der Waals surface area contributed by atoms with Crippen molar-refractivity contribution < 1.29 is 47.7 Å². The van der Waals surface area contributed by atoms with Gasteiger partial charge in [-0.25, -0.2) is 9.37 Å². The lowest BCUT2D eigenvalue weighted by atomic mass is 10.1. The van der Waals surface area contributed by atoms with Crippen molar-refractivity contribution in [2.75, 3.05) is 17.8 Å². The van der Waals surface area contributed by atoms with E-state index in [0.717, 1.165) is 5.56 Å². The Morgan fingerprint density at radius 3 is 2.51 bits per heavy atom. The van der Waals surface area contributed by atoms with Crippen LogP contribution in [0.3, 0.4) is 0 Å². The minimum Gasteiger partial charge on any atom is -0.387 e. The summed E-state index contributed by atoms with van der Waals surface area (Å²) >= 11 is 6.31. The maximum Gasteiger partial charge on any atom is 0.340 e. The van der Waals surface area contributed by atoms with Gasteiger partial charge in [-0.3, -0.25) is 9.13 Å². The maximum atomic E-state index is 13.4. The number of aromatic nitrogens is 2. The van der Waals surface area contributed by atoms with E-state index in [0.29, 0.717) is 11.1 Å². The number of pyridine rings is 1. The van der Waals surface area contributed by atoms with Crippen LogP contribution in [0.1, 0.15) is 30.3 Å². The van der Waals surface area contributed by atoms with Crippen LogP contribution in [0.4, 0.5) is 10.1 Å². The Labute approximate surface area is 226 Å². The first kappa shape index (κ1) is 29.6. The number of fused-ring (bicyclic) bond motifs is 1. The fraction of sp³-hybridized carbons (Fsp3) is 0.364. The Bertz CT molecular complexity index is 1510. The lowest BCUT2D eigenvalue weighted by Gasteiger charge is -2.20. The Kier molecular flexibility index (Phi) is 8.52. The molecule has 3 aromatic rings. The van der Waals surface area contributed by atoms with Gasteiger partial charge in [-0.2, -0.15) is 5.26 Å². The summed E-state index contributed by atoms with van der Waals surface area (Å²) in [4.78, 5) is 31.8. The van der Waals surface area contributed by atoms with Crippen LogP contribution in [-0.4, -0.2) is 65.3 Å². The highest BCUT2D eigenvalue weighted by Crippen LogP contribution is 2.55. The molecular formula is C22H24ClFN4O9P2. The number of aliphatic hydroxyl groups excluding tert-OH is 2. The summed E-state index contributed by atoms with van der Waals surface area (Å²) in [5.41, 5.74) is 1.25. The SMILES string of the molecule is C[C@@H](Nc1c(C#N)c(Cl)nc2c1ccn2[C@@H]1O[C@H](COP(=O)(O)CP(=O)(O)O)[C@@H](O)[C@H]1O)c1ccc(F)cc1. The molecule has 39 heavy (non-hydrogen) atoms. The van der Waals surface area contributed by atoms with Gasteiger partial charge in [0.2, 0.25) is 0 Å². The molecule has 210 valence electrons. The lowest BCUT2D eigenvalue weighted by molar-refractivity contribution is -0.0481. The van der Waals surface area contributed by atoms with Crippen LogP contribution in [0.15, 0.2) is 36.5 Å². The highest BCUT2D eigenvalue weighted by atomic mass is 35.5. The molecule has 1 saturated heterocycles. The molecule has 1 aliphatic rings. The van der Waals surface area contributed by atoms with Gasteiger partial charge >= 0.3 is 15.2 Å². The first-order valence-corrected chi connectivity index (χ1v) is 15.3. The number of aliphatic hydroxyl groups is 2. The molecule has 0 bridgehead atoms. The zero-order valence-corrected chi connectivity index (χ0v) is 22.7. The minimum absolute atomic E-state index is 0.0406. The van der Waals surface area contributed by atoms with Crippen molar-refractivity contribution >= 4 is 43.5 Å². The average molecular weight is 605 g/mol. The number of ether oxygens (including phenoxy) is 1. The van der Waals surface area contributed by atoms with Crippen LogP contribution >= 0.6 is 26.8 Å². The standard InChI is InChI=1S/C22H24ClFN4O9P2/c1-11(12-2-4-13(24)5-3-12)26-17-14-6-7-28(21(14)27-20(23)15(17)8-25)22-19(30)18(29)16(37-22)9-36-39(34,35)10-38(31,32)33/h2-7,11,16,18-19,22,29-30H,9-10H2,1H3,(H,26,27)(H,34,35)(H2,31,32,33)/t11-,16-,18-,19-,22-/m1/s1. The van der Waals surface area contributed by atoms with Crippen LogP contribution < -0.4 is 5.32 Å². The van der Waals surface area contributed by atoms with Gasteiger partial charge in [0.05, 0.1) is 12.3 Å². The van der Waals surface area contributed by atoms with Gasteiger partial charge in [0.15, 0.2) is 17.3 Å². The molecule has 17 heteroatoms. The maximum absolute atomic E-state index is 13.4. The molecule has 13 nitrogen and oxygen atoms in total. The number of hydrogen-bond acceptors (Lipinski definition) is 9. The number of nitrogens with one attached hydrogen (secondary N) is 1. The molecule has 6 N–H and O–H groups in total. The predicted octanol–water partition coefficient (Wildman–Crippen LogP) is 2.83. The smallest absolute Gasteiger partial charge is 0.340 e. The molecule has 1 unspecified atom stereocenters. The van der Waals surface area contributed by atoms with Crippen LogP contribution in [0.2, 0.25) is 5.15 Å². The molecule has 1 aliphatic heterocycles. The van der Waals surface area contributed by atoms with Gasteiger partial charge in [-0.1, -0.05) is 23.7 Å². The molecule has 6 atom stereocenters. The van der Waals surface area contributed by atoms with E-state index in [1.807, 2.05) is 6.07 Å². The van der Waals surface area contributed by atoms with Gasteiger partial charge in [0.1, 0.15) is 41.4 Å². The second-order valence-corrected chi connectivity index (χ2v) is 13.3. The van der Waals surface area contributed by atoms with Crippen molar-refractivity contribution in [3.63, 3.8) is 0 Å². The number of nitrogens with zero attached hydrogens (tertiary/aromatic N) is 3. The Hall–Kier alpha value is -2.40. The molecule has 0 saturated carbocycles. The third kappa shape index (κ3) is 6.51. The molecule has 4 rings (SSSR count). The van der Waals surface area contributed by atoms with Gasteiger partial charge in [0, 0.05) is 17.6 Å². The summed E-state index contributed by atoms with van der Waals surface area (Å²) < 4.78 is 48.1. The van der Waals surface area contributed by atoms with Crippen molar-refractivity contribution in [2.24, 2.45) is 0 Å². The molecule has 0 radical (unpaired) electrons. The van der Waals surface area contributed by atoms with Crippen LogP contribution in [0.5, 0.6) is 0 Å². The lowest BCUT2D eigenvalue weighted by Crippen LogP contribution is -2.33. The van der Waals surface area contributed by atoms with Gasteiger partial charge < -0.3 is 44.0 Å². The highest BCUT2D eigenvalue weighted by Gasteiger charge is 2.45. The van der Waals surface area contributed by atoms with E-state index in [2.05, 4.69) is 10.3 Å². The fourth-order valence-corrected chi connectivity index (χ4v) is 6.99. The van der Waals surface area contributed by atoms with Crippen molar-refractivity contribution in [3.8, 4) is 6.07 Å². The van der Waals surface area contributed by atoms with Crippen molar-refractivity contribution in [1.82, 2.24) is 9.55 Å². The molecule has 1 fully saturated rings. The number of rotatable bonds is 9. The van der Waals surface area contributed by atoms with E-state index in [1.54, 1.807) is 25.1 Å². The van der Waals surface area contributed by atoms with E-state index >= 15 is 0 Å². The summed E-state index contributed by atoms with van der Waals surface area (Å²) in [7, 11) is -9.59.